The standard InChI is InChI=1S/C16H22N8O2/c17-11-23-15(19)21-7-1-9-25-13-3-5-14(6-4-13)26-10-2-8-22-16(20)24-12-18/h3-6H,1-2,7-10H2,(H3,19,21,23)(H3,20,22,24). The molecule has 0 atom stereocenters. The quantitative estimate of drug-likeness (QED) is 0.115. The Hall–Kier alpha value is -3.66. The summed E-state index contributed by atoms with van der Waals surface area (Å²) in [4.78, 5) is 0. The SMILES string of the molecule is N#CNC(=N)NCCCOc1ccc(OCCCNC(=N)NC#N)cc1. The minimum absolute atomic E-state index is 0.0256. The van der Waals surface area contributed by atoms with E-state index in [0.717, 1.165) is 11.5 Å². The molecular formula is C16H22N8O2. The van der Waals surface area contributed by atoms with Crippen LogP contribution in [-0.2, 0) is 0 Å². The van der Waals surface area contributed by atoms with Crippen LogP contribution in [0.15, 0.2) is 24.3 Å². The van der Waals surface area contributed by atoms with Crippen LogP contribution in [0.3, 0.4) is 0 Å². The zero-order chi connectivity index (χ0) is 19.0. The molecule has 26 heavy (non-hydrogen) atoms. The summed E-state index contributed by atoms with van der Waals surface area (Å²) in [7, 11) is 0. The maximum absolute atomic E-state index is 8.33. The van der Waals surface area contributed by atoms with E-state index in [4.69, 9.17) is 30.8 Å². The lowest BCUT2D eigenvalue weighted by molar-refractivity contribution is 0.302. The average molecular weight is 358 g/mol. The topological polar surface area (TPSA) is 162 Å². The Balaban J connectivity index is 2.12. The Morgan fingerprint density at radius 3 is 1.54 bits per heavy atom. The summed E-state index contributed by atoms with van der Waals surface area (Å²) < 4.78 is 11.2. The van der Waals surface area contributed by atoms with Crippen LogP contribution in [0, 0.1) is 33.7 Å². The molecule has 0 saturated carbocycles. The van der Waals surface area contributed by atoms with Crippen LogP contribution in [0.1, 0.15) is 12.8 Å². The highest BCUT2D eigenvalue weighted by molar-refractivity contribution is 5.78. The number of nitrogens with zero attached hydrogens (tertiary/aromatic N) is 2. The van der Waals surface area contributed by atoms with Gasteiger partial charge in [0.15, 0.2) is 12.4 Å². The molecule has 1 rings (SSSR count). The number of rotatable bonds is 10. The number of hydrogen-bond acceptors (Lipinski definition) is 6. The van der Waals surface area contributed by atoms with Crippen LogP contribution < -0.4 is 30.7 Å². The zero-order valence-corrected chi connectivity index (χ0v) is 14.3. The lowest BCUT2D eigenvalue weighted by Crippen LogP contribution is -2.34. The highest BCUT2D eigenvalue weighted by Gasteiger charge is 1.98. The normalized spacial score (nSPS) is 9.15. The second-order valence-corrected chi connectivity index (χ2v) is 4.95. The van der Waals surface area contributed by atoms with Gasteiger partial charge in [-0.25, -0.2) is 0 Å². The van der Waals surface area contributed by atoms with E-state index >= 15 is 0 Å². The molecule has 0 amide bonds. The van der Waals surface area contributed by atoms with Crippen LogP contribution >= 0.6 is 0 Å². The van der Waals surface area contributed by atoms with Gasteiger partial charge in [0.25, 0.3) is 0 Å². The van der Waals surface area contributed by atoms with E-state index in [9.17, 15) is 0 Å². The molecule has 0 unspecified atom stereocenters. The van der Waals surface area contributed by atoms with Crippen LogP contribution in [0.25, 0.3) is 0 Å². The fourth-order valence-electron chi connectivity index (χ4n) is 1.78. The molecule has 0 aliphatic carbocycles. The lowest BCUT2D eigenvalue weighted by atomic mass is 10.3. The Morgan fingerprint density at radius 1 is 0.808 bits per heavy atom. The lowest BCUT2D eigenvalue weighted by Gasteiger charge is -2.10. The Morgan fingerprint density at radius 2 is 1.19 bits per heavy atom. The van der Waals surface area contributed by atoms with Crippen molar-refractivity contribution in [2.24, 2.45) is 0 Å². The number of guanidine groups is 2. The van der Waals surface area contributed by atoms with Gasteiger partial charge in [-0.1, -0.05) is 0 Å². The average Bonchev–Trinajstić information content (AvgIpc) is 2.63. The molecule has 0 fully saturated rings. The van der Waals surface area contributed by atoms with Gasteiger partial charge >= 0.3 is 0 Å². The van der Waals surface area contributed by atoms with E-state index in [0.29, 0.717) is 39.1 Å². The van der Waals surface area contributed by atoms with Crippen LogP contribution in [-0.4, -0.2) is 38.2 Å². The predicted octanol–water partition coefficient (Wildman–Crippen LogP) is 0.414. The van der Waals surface area contributed by atoms with E-state index in [1.807, 2.05) is 24.3 Å². The minimum atomic E-state index is -0.0256. The third kappa shape index (κ3) is 9.47. The van der Waals surface area contributed by atoms with E-state index in [2.05, 4.69) is 21.3 Å². The molecule has 0 saturated heterocycles. The second-order valence-electron chi connectivity index (χ2n) is 4.95. The first-order valence-corrected chi connectivity index (χ1v) is 7.96. The van der Waals surface area contributed by atoms with Gasteiger partial charge in [-0.05, 0) is 37.1 Å². The summed E-state index contributed by atoms with van der Waals surface area (Å²) in [5.74, 6) is 1.39. The molecule has 0 aliphatic heterocycles. The van der Waals surface area contributed by atoms with Crippen molar-refractivity contribution in [3.05, 3.63) is 24.3 Å². The first kappa shape index (κ1) is 20.4. The number of ether oxygens (including phenoxy) is 2. The van der Waals surface area contributed by atoms with Crippen LogP contribution in [0.4, 0.5) is 0 Å². The summed E-state index contributed by atoms with van der Waals surface area (Å²) in [6.07, 6.45) is 4.71. The smallest absolute Gasteiger partial charge is 0.201 e. The zero-order valence-electron chi connectivity index (χ0n) is 14.3. The molecule has 0 aliphatic rings. The summed E-state index contributed by atoms with van der Waals surface area (Å²) >= 11 is 0. The maximum atomic E-state index is 8.33. The van der Waals surface area contributed by atoms with Gasteiger partial charge in [0.05, 0.1) is 13.2 Å². The van der Waals surface area contributed by atoms with Crippen LogP contribution in [0.5, 0.6) is 11.5 Å². The molecule has 6 N–H and O–H groups in total. The summed E-state index contributed by atoms with van der Waals surface area (Å²) in [6, 6.07) is 7.25. The van der Waals surface area contributed by atoms with E-state index in [1.54, 1.807) is 12.4 Å². The minimum Gasteiger partial charge on any atom is -0.494 e. The third-order valence-electron chi connectivity index (χ3n) is 2.97. The van der Waals surface area contributed by atoms with Crippen molar-refractivity contribution in [2.75, 3.05) is 26.3 Å². The first-order chi connectivity index (χ1) is 12.7. The number of nitriles is 2. The Labute approximate surface area is 152 Å². The molecule has 138 valence electrons. The Bertz CT molecular complexity index is 591. The van der Waals surface area contributed by atoms with Gasteiger partial charge in [-0.2, -0.15) is 10.5 Å². The first-order valence-electron chi connectivity index (χ1n) is 7.96. The monoisotopic (exact) mass is 358 g/mol. The number of benzene rings is 1. The van der Waals surface area contributed by atoms with Gasteiger partial charge in [0.2, 0.25) is 11.9 Å². The summed E-state index contributed by atoms with van der Waals surface area (Å²) in [5, 5.41) is 41.1. The molecule has 0 radical (unpaired) electrons. The van der Waals surface area contributed by atoms with E-state index < -0.39 is 0 Å². The van der Waals surface area contributed by atoms with Crippen molar-refractivity contribution >= 4 is 11.9 Å². The molecular weight excluding hydrogens is 336 g/mol. The second kappa shape index (κ2) is 12.7. The van der Waals surface area contributed by atoms with Gasteiger partial charge in [0.1, 0.15) is 11.5 Å². The van der Waals surface area contributed by atoms with Crippen molar-refractivity contribution in [2.45, 2.75) is 12.8 Å². The van der Waals surface area contributed by atoms with Crippen molar-refractivity contribution in [3.63, 3.8) is 0 Å². The third-order valence-corrected chi connectivity index (χ3v) is 2.97. The maximum Gasteiger partial charge on any atom is 0.201 e. The highest BCUT2D eigenvalue weighted by atomic mass is 16.5. The largest absolute Gasteiger partial charge is 0.494 e. The number of hydrogen-bond donors (Lipinski definition) is 6. The van der Waals surface area contributed by atoms with Gasteiger partial charge < -0.3 is 20.1 Å². The molecule has 1 aromatic rings. The summed E-state index contributed by atoms with van der Waals surface area (Å²) in [6.45, 7) is 2.04. The van der Waals surface area contributed by atoms with E-state index in [-0.39, 0.29) is 11.9 Å². The van der Waals surface area contributed by atoms with Crippen LogP contribution in [0.2, 0.25) is 0 Å². The fraction of sp³-hybridized carbons (Fsp3) is 0.375. The van der Waals surface area contributed by atoms with E-state index in [1.165, 1.54) is 0 Å². The summed E-state index contributed by atoms with van der Waals surface area (Å²) in [5.41, 5.74) is 0. The van der Waals surface area contributed by atoms with Crippen molar-refractivity contribution in [1.29, 1.82) is 21.3 Å². The van der Waals surface area contributed by atoms with Crippen molar-refractivity contribution in [3.8, 4) is 23.9 Å². The fourth-order valence-corrected chi connectivity index (χ4v) is 1.78. The predicted molar refractivity (Wildman–Crippen MR) is 95.6 cm³/mol. The molecule has 0 bridgehead atoms. The van der Waals surface area contributed by atoms with Gasteiger partial charge in [-0.15, -0.1) is 0 Å². The molecule has 10 heteroatoms. The molecule has 0 aromatic heterocycles. The van der Waals surface area contributed by atoms with Gasteiger partial charge in [0, 0.05) is 13.1 Å². The van der Waals surface area contributed by atoms with Gasteiger partial charge in [-0.3, -0.25) is 21.5 Å². The number of nitrogens with one attached hydrogen (secondary N) is 6. The Kier molecular flexibility index (Phi) is 9.98. The highest BCUT2D eigenvalue weighted by Crippen LogP contribution is 2.17. The molecule has 10 nitrogen and oxygen atoms in total. The van der Waals surface area contributed by atoms with Crippen molar-refractivity contribution < 1.29 is 9.47 Å². The molecule has 1 aromatic carbocycles. The molecule has 0 spiro atoms. The molecule has 0 heterocycles. The van der Waals surface area contributed by atoms with Crippen molar-refractivity contribution in [1.82, 2.24) is 21.3 Å².